The highest BCUT2D eigenvalue weighted by Gasteiger charge is 2.20. The highest BCUT2D eigenvalue weighted by Crippen LogP contribution is 2.23. The number of hydrogen-bond donors (Lipinski definition) is 2. The van der Waals surface area contributed by atoms with Crippen LogP contribution >= 0.6 is 15.9 Å². The van der Waals surface area contributed by atoms with Gasteiger partial charge in [-0.2, -0.15) is 0 Å². The molecule has 0 spiro atoms. The molecule has 1 amide bonds. The van der Waals surface area contributed by atoms with Crippen LogP contribution in [-0.2, 0) is 20.7 Å². The Morgan fingerprint density at radius 1 is 1.40 bits per heavy atom. The molecule has 1 atom stereocenters. The van der Waals surface area contributed by atoms with Crippen molar-refractivity contribution < 1.29 is 24.2 Å². The SMILES string of the molecule is COCC(NC(=O)Cc1cc(Br)ccc1OC)C(=O)O. The molecule has 2 N–H and O–H groups in total. The summed E-state index contributed by atoms with van der Waals surface area (Å²) in [5, 5.41) is 11.3. The van der Waals surface area contributed by atoms with Crippen LogP contribution in [0.2, 0.25) is 0 Å². The molecule has 0 aliphatic carbocycles. The van der Waals surface area contributed by atoms with Crippen LogP contribution in [0.25, 0.3) is 0 Å². The number of aliphatic carboxylic acids is 1. The molecule has 110 valence electrons. The maximum atomic E-state index is 11.9. The highest BCUT2D eigenvalue weighted by molar-refractivity contribution is 9.10. The van der Waals surface area contributed by atoms with Gasteiger partial charge in [-0.3, -0.25) is 4.79 Å². The van der Waals surface area contributed by atoms with E-state index in [0.717, 1.165) is 4.47 Å². The number of carboxylic acids is 1. The van der Waals surface area contributed by atoms with Crippen molar-refractivity contribution in [3.8, 4) is 5.75 Å². The van der Waals surface area contributed by atoms with Crippen molar-refractivity contribution in [3.63, 3.8) is 0 Å². The smallest absolute Gasteiger partial charge is 0.328 e. The minimum absolute atomic E-state index is 0.0239. The summed E-state index contributed by atoms with van der Waals surface area (Å²) in [5.41, 5.74) is 0.668. The maximum absolute atomic E-state index is 11.9. The van der Waals surface area contributed by atoms with Gasteiger partial charge in [0.25, 0.3) is 0 Å². The fraction of sp³-hybridized carbons (Fsp3) is 0.385. The number of rotatable bonds is 7. The summed E-state index contributed by atoms with van der Waals surface area (Å²) < 4.78 is 10.7. The third kappa shape index (κ3) is 4.82. The quantitative estimate of drug-likeness (QED) is 0.775. The first kappa shape index (κ1) is 16.5. The second-order valence-corrected chi connectivity index (χ2v) is 4.96. The van der Waals surface area contributed by atoms with Crippen LogP contribution in [0.15, 0.2) is 22.7 Å². The van der Waals surface area contributed by atoms with E-state index >= 15 is 0 Å². The molecule has 1 aromatic carbocycles. The Labute approximate surface area is 125 Å². The molecule has 0 aliphatic heterocycles. The van der Waals surface area contributed by atoms with Crippen LogP contribution in [-0.4, -0.2) is 43.9 Å². The third-order valence-electron chi connectivity index (χ3n) is 2.56. The first-order chi connectivity index (χ1) is 9.47. The lowest BCUT2D eigenvalue weighted by molar-refractivity contribution is -0.143. The summed E-state index contributed by atoms with van der Waals surface area (Å²) in [6, 6.07) is 4.22. The Balaban J connectivity index is 2.75. The van der Waals surface area contributed by atoms with Crippen molar-refractivity contribution in [2.24, 2.45) is 0 Å². The molecule has 1 rings (SSSR count). The molecule has 0 fully saturated rings. The number of carboxylic acid groups (broad SMARTS) is 1. The molecule has 1 unspecified atom stereocenters. The zero-order valence-electron chi connectivity index (χ0n) is 11.2. The number of ether oxygens (including phenoxy) is 2. The monoisotopic (exact) mass is 345 g/mol. The first-order valence-electron chi connectivity index (χ1n) is 5.81. The molecule has 0 aliphatic rings. The Morgan fingerprint density at radius 2 is 2.10 bits per heavy atom. The van der Waals surface area contributed by atoms with Crippen LogP contribution < -0.4 is 10.1 Å². The molecule has 6 nitrogen and oxygen atoms in total. The van der Waals surface area contributed by atoms with E-state index < -0.39 is 17.9 Å². The predicted molar refractivity (Wildman–Crippen MR) is 75.8 cm³/mol. The van der Waals surface area contributed by atoms with Crippen LogP contribution in [0.3, 0.4) is 0 Å². The van der Waals surface area contributed by atoms with E-state index in [4.69, 9.17) is 14.6 Å². The fourth-order valence-electron chi connectivity index (χ4n) is 1.65. The van der Waals surface area contributed by atoms with Crippen molar-refractivity contribution in [1.29, 1.82) is 0 Å². The van der Waals surface area contributed by atoms with Gasteiger partial charge in [0.15, 0.2) is 6.04 Å². The number of methoxy groups -OCH3 is 2. The molecule has 0 aromatic heterocycles. The van der Waals surface area contributed by atoms with Crippen molar-refractivity contribution in [1.82, 2.24) is 5.32 Å². The lowest BCUT2D eigenvalue weighted by Crippen LogP contribution is -2.44. The molecule has 0 heterocycles. The minimum atomic E-state index is -1.14. The predicted octanol–water partition coefficient (Wildman–Crippen LogP) is 1.22. The summed E-state index contributed by atoms with van der Waals surface area (Å²) in [6.07, 6.45) is 0.0239. The zero-order valence-corrected chi connectivity index (χ0v) is 12.8. The molecule has 0 radical (unpaired) electrons. The number of nitrogens with one attached hydrogen (secondary N) is 1. The van der Waals surface area contributed by atoms with Gasteiger partial charge in [0.05, 0.1) is 20.1 Å². The van der Waals surface area contributed by atoms with Gasteiger partial charge in [0.2, 0.25) is 5.91 Å². The molecule has 0 saturated carbocycles. The molecule has 7 heteroatoms. The van der Waals surface area contributed by atoms with Gasteiger partial charge < -0.3 is 19.9 Å². The van der Waals surface area contributed by atoms with Crippen molar-refractivity contribution in [3.05, 3.63) is 28.2 Å². The Kier molecular flexibility index (Phi) is 6.47. The fourth-order valence-corrected chi connectivity index (χ4v) is 2.05. The topological polar surface area (TPSA) is 84.9 Å². The van der Waals surface area contributed by atoms with E-state index in [1.165, 1.54) is 14.2 Å². The second kappa shape index (κ2) is 7.86. The normalized spacial score (nSPS) is 11.8. The summed E-state index contributed by atoms with van der Waals surface area (Å²) in [5.74, 6) is -0.978. The van der Waals surface area contributed by atoms with E-state index in [1.807, 2.05) is 0 Å². The third-order valence-corrected chi connectivity index (χ3v) is 3.05. The van der Waals surface area contributed by atoms with E-state index in [0.29, 0.717) is 11.3 Å². The minimum Gasteiger partial charge on any atom is -0.496 e. The van der Waals surface area contributed by atoms with E-state index in [2.05, 4.69) is 21.2 Å². The van der Waals surface area contributed by atoms with E-state index in [-0.39, 0.29) is 13.0 Å². The molecule has 1 aromatic rings. The van der Waals surface area contributed by atoms with Crippen LogP contribution in [0, 0.1) is 0 Å². The van der Waals surface area contributed by atoms with Crippen LogP contribution in [0.5, 0.6) is 5.75 Å². The van der Waals surface area contributed by atoms with Gasteiger partial charge in [0.1, 0.15) is 5.75 Å². The molecule has 20 heavy (non-hydrogen) atoms. The lowest BCUT2D eigenvalue weighted by atomic mass is 10.1. The zero-order chi connectivity index (χ0) is 15.1. The number of hydrogen-bond acceptors (Lipinski definition) is 4. The van der Waals surface area contributed by atoms with Gasteiger partial charge in [0, 0.05) is 17.1 Å². The summed E-state index contributed by atoms with van der Waals surface area (Å²) >= 11 is 3.31. The maximum Gasteiger partial charge on any atom is 0.328 e. The van der Waals surface area contributed by atoms with Crippen molar-refractivity contribution in [2.75, 3.05) is 20.8 Å². The van der Waals surface area contributed by atoms with Gasteiger partial charge in [-0.05, 0) is 18.2 Å². The number of halogens is 1. The van der Waals surface area contributed by atoms with Gasteiger partial charge >= 0.3 is 5.97 Å². The molecular weight excluding hydrogens is 330 g/mol. The van der Waals surface area contributed by atoms with Gasteiger partial charge in [-0.25, -0.2) is 4.79 Å². The van der Waals surface area contributed by atoms with Gasteiger partial charge in [-0.1, -0.05) is 15.9 Å². The van der Waals surface area contributed by atoms with Crippen molar-refractivity contribution >= 4 is 27.8 Å². The number of amides is 1. The summed E-state index contributed by atoms with van der Waals surface area (Å²) in [4.78, 5) is 22.8. The number of carbonyl (C=O) groups is 2. The standard InChI is InChI=1S/C13H16BrNO5/c1-19-7-10(13(17)18)15-12(16)6-8-5-9(14)3-4-11(8)20-2/h3-5,10H,6-7H2,1-2H3,(H,15,16)(H,17,18). The van der Waals surface area contributed by atoms with E-state index in [1.54, 1.807) is 18.2 Å². The van der Waals surface area contributed by atoms with Crippen LogP contribution in [0.1, 0.15) is 5.56 Å². The van der Waals surface area contributed by atoms with Crippen LogP contribution in [0.4, 0.5) is 0 Å². The number of benzene rings is 1. The Hall–Kier alpha value is -1.60. The summed E-state index contributed by atoms with van der Waals surface area (Å²) in [7, 11) is 2.88. The second-order valence-electron chi connectivity index (χ2n) is 4.05. The van der Waals surface area contributed by atoms with Gasteiger partial charge in [-0.15, -0.1) is 0 Å². The number of carbonyl (C=O) groups excluding carboxylic acids is 1. The largest absolute Gasteiger partial charge is 0.496 e. The molecular formula is C13H16BrNO5. The Bertz CT molecular complexity index is 492. The Morgan fingerprint density at radius 3 is 2.65 bits per heavy atom. The highest BCUT2D eigenvalue weighted by atomic mass is 79.9. The average Bonchev–Trinajstić information content (AvgIpc) is 2.38. The van der Waals surface area contributed by atoms with Crippen molar-refractivity contribution in [2.45, 2.75) is 12.5 Å². The molecule has 0 bridgehead atoms. The first-order valence-corrected chi connectivity index (χ1v) is 6.60. The lowest BCUT2D eigenvalue weighted by Gasteiger charge is -2.14. The van der Waals surface area contributed by atoms with E-state index in [9.17, 15) is 9.59 Å². The summed E-state index contributed by atoms with van der Waals surface area (Å²) in [6.45, 7) is -0.0866. The molecule has 0 saturated heterocycles. The average molecular weight is 346 g/mol.